The molecule has 0 aliphatic heterocycles. The number of ether oxygens (including phenoxy) is 1. The molecule has 0 aliphatic rings. The molecule has 2 rings (SSSR count). The minimum Gasteiger partial charge on any atom is -0.494 e. The second-order valence-electron chi connectivity index (χ2n) is 6.03. The fourth-order valence-electron chi connectivity index (χ4n) is 2.75. The van der Waals surface area contributed by atoms with Crippen LogP contribution in [0, 0.1) is 13.8 Å². The molecule has 0 spiro atoms. The summed E-state index contributed by atoms with van der Waals surface area (Å²) >= 11 is 0. The molecule has 1 atom stereocenters. The third kappa shape index (κ3) is 5.81. The number of aromatic nitrogens is 1. The van der Waals surface area contributed by atoms with E-state index in [0.717, 1.165) is 42.7 Å². The van der Waals surface area contributed by atoms with Crippen LogP contribution in [0.4, 0.5) is 0 Å². The van der Waals surface area contributed by atoms with Crippen molar-refractivity contribution in [3.05, 3.63) is 47.3 Å². The van der Waals surface area contributed by atoms with Gasteiger partial charge in [0.2, 0.25) is 0 Å². The lowest BCUT2D eigenvalue weighted by Crippen LogP contribution is -2.39. The second kappa shape index (κ2) is 9.71. The first-order valence-corrected chi connectivity index (χ1v) is 8.67. The van der Waals surface area contributed by atoms with Crippen LogP contribution in [0.5, 0.6) is 5.75 Å². The number of nitrogens with one attached hydrogen (secondary N) is 2. The summed E-state index contributed by atoms with van der Waals surface area (Å²) in [6.45, 7) is 8.31. The van der Waals surface area contributed by atoms with E-state index < -0.39 is 0 Å². The Kier molecular flexibility index (Phi) is 7.32. The average molecular weight is 344 g/mol. The van der Waals surface area contributed by atoms with E-state index >= 15 is 0 Å². The van der Waals surface area contributed by atoms with Crippen LogP contribution >= 0.6 is 0 Å². The van der Waals surface area contributed by atoms with E-state index in [2.05, 4.69) is 27.7 Å². The van der Waals surface area contributed by atoms with Gasteiger partial charge >= 0.3 is 0 Å². The van der Waals surface area contributed by atoms with Gasteiger partial charge < -0.3 is 19.9 Å². The van der Waals surface area contributed by atoms with E-state index in [-0.39, 0.29) is 0 Å². The predicted molar refractivity (Wildman–Crippen MR) is 100 cm³/mol. The maximum Gasteiger partial charge on any atom is 0.190 e. The largest absolute Gasteiger partial charge is 0.494 e. The smallest absolute Gasteiger partial charge is 0.190 e. The van der Waals surface area contributed by atoms with Crippen LogP contribution in [0.25, 0.3) is 0 Å². The highest BCUT2D eigenvalue weighted by Crippen LogP contribution is 2.22. The summed E-state index contributed by atoms with van der Waals surface area (Å²) in [5, 5.41) is 10.7. The van der Waals surface area contributed by atoms with Gasteiger partial charge in [0.25, 0.3) is 0 Å². The SMILES string of the molecule is CN=C(NCCCOc1ccccc1)NCC(C)c1c(C)noc1C. The van der Waals surface area contributed by atoms with Gasteiger partial charge in [-0.3, -0.25) is 4.99 Å². The number of benzene rings is 1. The summed E-state index contributed by atoms with van der Waals surface area (Å²) < 4.78 is 10.9. The van der Waals surface area contributed by atoms with E-state index in [4.69, 9.17) is 9.26 Å². The Labute approximate surface area is 149 Å². The molecule has 0 amide bonds. The van der Waals surface area contributed by atoms with Crippen molar-refractivity contribution in [1.82, 2.24) is 15.8 Å². The molecule has 0 aliphatic carbocycles. The summed E-state index contributed by atoms with van der Waals surface area (Å²) in [4.78, 5) is 4.26. The summed E-state index contributed by atoms with van der Waals surface area (Å²) in [6.07, 6.45) is 0.898. The van der Waals surface area contributed by atoms with Crippen LogP contribution in [0.3, 0.4) is 0 Å². The number of aliphatic imine (C=N–C) groups is 1. The monoisotopic (exact) mass is 344 g/mol. The minimum absolute atomic E-state index is 0.297. The first kappa shape index (κ1) is 18.8. The lowest BCUT2D eigenvalue weighted by atomic mass is 10.00. The van der Waals surface area contributed by atoms with Crippen LogP contribution in [0.1, 0.15) is 36.3 Å². The quantitative estimate of drug-likeness (QED) is 0.437. The normalized spacial score (nSPS) is 12.7. The highest BCUT2D eigenvalue weighted by Gasteiger charge is 2.16. The standard InChI is InChI=1S/C19H28N4O2/c1-14(18-15(2)23-25-16(18)3)13-22-19(20-4)21-11-8-12-24-17-9-6-5-7-10-17/h5-7,9-10,14H,8,11-13H2,1-4H3,(H2,20,21,22). The minimum atomic E-state index is 0.297. The van der Waals surface area contributed by atoms with Crippen molar-refractivity contribution in [2.75, 3.05) is 26.7 Å². The highest BCUT2D eigenvalue weighted by atomic mass is 16.5. The summed E-state index contributed by atoms with van der Waals surface area (Å²) in [5.74, 6) is 2.87. The molecular formula is C19H28N4O2. The third-order valence-corrected chi connectivity index (χ3v) is 4.01. The predicted octanol–water partition coefficient (Wildman–Crippen LogP) is 3.03. The molecular weight excluding hydrogens is 316 g/mol. The molecule has 0 bridgehead atoms. The van der Waals surface area contributed by atoms with Gasteiger partial charge in [-0.2, -0.15) is 0 Å². The zero-order chi connectivity index (χ0) is 18.1. The van der Waals surface area contributed by atoms with Gasteiger partial charge in [-0.15, -0.1) is 0 Å². The van der Waals surface area contributed by atoms with Crippen molar-refractivity contribution in [1.29, 1.82) is 0 Å². The maximum atomic E-state index is 5.68. The van der Waals surface area contributed by atoms with Gasteiger partial charge in [0.1, 0.15) is 11.5 Å². The first-order chi connectivity index (χ1) is 12.1. The highest BCUT2D eigenvalue weighted by molar-refractivity contribution is 5.79. The fourth-order valence-corrected chi connectivity index (χ4v) is 2.75. The molecule has 0 saturated carbocycles. The summed E-state index contributed by atoms with van der Waals surface area (Å²) in [5.41, 5.74) is 2.12. The molecule has 1 unspecified atom stereocenters. The van der Waals surface area contributed by atoms with Gasteiger partial charge in [0.05, 0.1) is 12.3 Å². The molecule has 25 heavy (non-hydrogen) atoms. The number of rotatable bonds is 8. The average Bonchev–Trinajstić information content (AvgIpc) is 2.96. The molecule has 2 N–H and O–H groups in total. The van der Waals surface area contributed by atoms with E-state index in [0.29, 0.717) is 12.5 Å². The van der Waals surface area contributed by atoms with Crippen molar-refractivity contribution in [3.8, 4) is 5.75 Å². The van der Waals surface area contributed by atoms with Gasteiger partial charge in [0, 0.05) is 31.6 Å². The summed E-state index contributed by atoms with van der Waals surface area (Å²) in [7, 11) is 1.77. The number of aryl methyl sites for hydroxylation is 2. The fraction of sp³-hybridized carbons (Fsp3) is 0.474. The van der Waals surface area contributed by atoms with Crippen molar-refractivity contribution in [2.24, 2.45) is 4.99 Å². The zero-order valence-corrected chi connectivity index (χ0v) is 15.5. The van der Waals surface area contributed by atoms with Crippen molar-refractivity contribution >= 4 is 5.96 Å². The van der Waals surface area contributed by atoms with Gasteiger partial charge in [0.15, 0.2) is 5.96 Å². The van der Waals surface area contributed by atoms with Crippen LogP contribution in [0.2, 0.25) is 0 Å². The van der Waals surface area contributed by atoms with Gasteiger partial charge in [-0.1, -0.05) is 30.3 Å². The Morgan fingerprint density at radius 3 is 2.64 bits per heavy atom. The lowest BCUT2D eigenvalue weighted by Gasteiger charge is -2.16. The molecule has 136 valence electrons. The van der Waals surface area contributed by atoms with E-state index in [1.807, 2.05) is 44.2 Å². The van der Waals surface area contributed by atoms with E-state index in [1.54, 1.807) is 7.05 Å². The number of hydrogen-bond acceptors (Lipinski definition) is 4. The number of hydrogen-bond donors (Lipinski definition) is 2. The number of nitrogens with zero attached hydrogens (tertiary/aromatic N) is 2. The van der Waals surface area contributed by atoms with Crippen LogP contribution < -0.4 is 15.4 Å². The Hall–Kier alpha value is -2.50. The molecule has 1 heterocycles. The Morgan fingerprint density at radius 2 is 2.00 bits per heavy atom. The second-order valence-corrected chi connectivity index (χ2v) is 6.03. The lowest BCUT2D eigenvalue weighted by molar-refractivity contribution is 0.311. The maximum absolute atomic E-state index is 5.68. The molecule has 0 radical (unpaired) electrons. The Bertz CT molecular complexity index is 648. The van der Waals surface area contributed by atoms with Gasteiger partial charge in [-0.05, 0) is 32.4 Å². The van der Waals surface area contributed by atoms with Crippen LogP contribution in [-0.4, -0.2) is 37.9 Å². The van der Waals surface area contributed by atoms with E-state index in [9.17, 15) is 0 Å². The molecule has 1 aromatic carbocycles. The molecule has 0 saturated heterocycles. The molecule has 0 fully saturated rings. The number of para-hydroxylation sites is 1. The van der Waals surface area contributed by atoms with Crippen LogP contribution in [-0.2, 0) is 0 Å². The zero-order valence-electron chi connectivity index (χ0n) is 15.5. The summed E-state index contributed by atoms with van der Waals surface area (Å²) in [6, 6.07) is 9.85. The van der Waals surface area contributed by atoms with Gasteiger partial charge in [-0.25, -0.2) is 0 Å². The molecule has 6 heteroatoms. The number of guanidine groups is 1. The third-order valence-electron chi connectivity index (χ3n) is 4.01. The van der Waals surface area contributed by atoms with Crippen molar-refractivity contribution in [3.63, 3.8) is 0 Å². The molecule has 2 aromatic rings. The van der Waals surface area contributed by atoms with Crippen molar-refractivity contribution < 1.29 is 9.26 Å². The van der Waals surface area contributed by atoms with E-state index in [1.165, 1.54) is 5.56 Å². The van der Waals surface area contributed by atoms with Crippen LogP contribution in [0.15, 0.2) is 39.8 Å². The molecule has 6 nitrogen and oxygen atoms in total. The molecule has 1 aromatic heterocycles. The topological polar surface area (TPSA) is 71.7 Å². The Balaban J connectivity index is 1.67. The first-order valence-electron chi connectivity index (χ1n) is 8.67. The Morgan fingerprint density at radius 1 is 1.24 bits per heavy atom. The van der Waals surface area contributed by atoms with Crippen molar-refractivity contribution in [2.45, 2.75) is 33.1 Å².